The summed E-state index contributed by atoms with van der Waals surface area (Å²) >= 11 is 0. The van der Waals surface area contributed by atoms with Crippen molar-refractivity contribution in [3.63, 3.8) is 0 Å². The second-order valence-corrected chi connectivity index (χ2v) is 4.61. The molecule has 0 fully saturated rings. The van der Waals surface area contributed by atoms with Crippen molar-refractivity contribution in [2.24, 2.45) is 11.7 Å². The normalized spacial score (nSPS) is 14.1. The molecule has 0 aromatic carbocycles. The molecule has 1 unspecified atom stereocenters. The van der Waals surface area contributed by atoms with E-state index in [0.717, 1.165) is 18.9 Å². The van der Waals surface area contributed by atoms with Crippen molar-refractivity contribution in [3.8, 4) is 0 Å². The number of hydrogen-bond acceptors (Lipinski definition) is 2. The van der Waals surface area contributed by atoms with Crippen molar-refractivity contribution in [2.45, 2.75) is 46.1 Å². The molecule has 2 nitrogen and oxygen atoms in total. The highest BCUT2D eigenvalue weighted by Crippen LogP contribution is 2.04. The fourth-order valence-corrected chi connectivity index (χ4v) is 1.31. The summed E-state index contributed by atoms with van der Waals surface area (Å²) in [6.07, 6.45) is 3.76. The van der Waals surface area contributed by atoms with Crippen molar-refractivity contribution in [3.05, 3.63) is 0 Å². The molecule has 0 saturated carbocycles. The SMILES string of the molecule is CC(C)CCCN(C)CCC(C)N. The van der Waals surface area contributed by atoms with E-state index in [1.54, 1.807) is 0 Å². The molecule has 0 heterocycles. The fourth-order valence-electron chi connectivity index (χ4n) is 1.31. The second kappa shape index (κ2) is 7.34. The molecule has 2 heteroatoms. The molecule has 0 rings (SSSR count). The quantitative estimate of drug-likeness (QED) is 0.659. The Bertz CT molecular complexity index is 111. The number of nitrogens with zero attached hydrogens (tertiary/aromatic N) is 1. The predicted octanol–water partition coefficient (Wildman–Crippen LogP) is 2.09. The van der Waals surface area contributed by atoms with E-state index in [1.165, 1.54) is 19.4 Å². The van der Waals surface area contributed by atoms with E-state index in [1.807, 2.05) is 0 Å². The van der Waals surface area contributed by atoms with Gasteiger partial charge in [0.25, 0.3) is 0 Å². The highest BCUT2D eigenvalue weighted by Gasteiger charge is 2.01. The molecule has 13 heavy (non-hydrogen) atoms. The molecule has 80 valence electrons. The predicted molar refractivity (Wildman–Crippen MR) is 59.8 cm³/mol. The second-order valence-electron chi connectivity index (χ2n) is 4.61. The van der Waals surface area contributed by atoms with Gasteiger partial charge in [0.05, 0.1) is 0 Å². The Balaban J connectivity index is 3.25. The van der Waals surface area contributed by atoms with E-state index in [4.69, 9.17) is 5.73 Å². The van der Waals surface area contributed by atoms with Crippen LogP contribution in [0.25, 0.3) is 0 Å². The van der Waals surface area contributed by atoms with E-state index in [-0.39, 0.29) is 0 Å². The summed E-state index contributed by atoms with van der Waals surface area (Å²) in [5, 5.41) is 0. The van der Waals surface area contributed by atoms with Crippen molar-refractivity contribution >= 4 is 0 Å². The summed E-state index contributed by atoms with van der Waals surface area (Å²) in [6, 6.07) is 0.340. The zero-order valence-corrected chi connectivity index (χ0v) is 9.71. The first kappa shape index (κ1) is 12.9. The van der Waals surface area contributed by atoms with Gasteiger partial charge in [0.1, 0.15) is 0 Å². The van der Waals surface area contributed by atoms with E-state index in [0.29, 0.717) is 6.04 Å². The minimum Gasteiger partial charge on any atom is -0.328 e. The maximum absolute atomic E-state index is 5.69. The monoisotopic (exact) mass is 186 g/mol. The Labute approximate surface area is 83.5 Å². The van der Waals surface area contributed by atoms with Crippen LogP contribution in [0.4, 0.5) is 0 Å². The minimum absolute atomic E-state index is 0.340. The van der Waals surface area contributed by atoms with Gasteiger partial charge >= 0.3 is 0 Å². The Morgan fingerprint density at radius 1 is 1.08 bits per heavy atom. The van der Waals surface area contributed by atoms with Gasteiger partial charge in [0.2, 0.25) is 0 Å². The number of hydrogen-bond donors (Lipinski definition) is 1. The smallest absolute Gasteiger partial charge is 0.00226 e. The van der Waals surface area contributed by atoms with Crippen LogP contribution in [0.2, 0.25) is 0 Å². The molecule has 0 aromatic rings. The number of rotatable bonds is 7. The molecule has 0 aliphatic rings. The van der Waals surface area contributed by atoms with Gasteiger partial charge in [-0.15, -0.1) is 0 Å². The molecule has 0 saturated heterocycles. The molecule has 0 amide bonds. The van der Waals surface area contributed by atoms with Crippen LogP contribution in [0.15, 0.2) is 0 Å². The maximum atomic E-state index is 5.69. The van der Waals surface area contributed by atoms with Crippen molar-refractivity contribution < 1.29 is 0 Å². The van der Waals surface area contributed by atoms with Crippen LogP contribution in [-0.4, -0.2) is 31.1 Å². The van der Waals surface area contributed by atoms with E-state index in [9.17, 15) is 0 Å². The van der Waals surface area contributed by atoms with E-state index in [2.05, 4.69) is 32.7 Å². The molecular weight excluding hydrogens is 160 g/mol. The molecular formula is C11H26N2. The van der Waals surface area contributed by atoms with E-state index >= 15 is 0 Å². The van der Waals surface area contributed by atoms with Crippen LogP contribution >= 0.6 is 0 Å². The largest absolute Gasteiger partial charge is 0.328 e. The lowest BCUT2D eigenvalue weighted by Gasteiger charge is -2.18. The third kappa shape index (κ3) is 9.84. The maximum Gasteiger partial charge on any atom is 0.00226 e. The molecule has 0 radical (unpaired) electrons. The summed E-state index contributed by atoms with van der Waals surface area (Å²) in [5.74, 6) is 0.835. The summed E-state index contributed by atoms with van der Waals surface area (Å²) in [4.78, 5) is 2.38. The van der Waals surface area contributed by atoms with Crippen LogP contribution in [-0.2, 0) is 0 Å². The summed E-state index contributed by atoms with van der Waals surface area (Å²) in [5.41, 5.74) is 5.69. The summed E-state index contributed by atoms with van der Waals surface area (Å²) < 4.78 is 0. The summed E-state index contributed by atoms with van der Waals surface area (Å²) in [6.45, 7) is 8.98. The summed E-state index contributed by atoms with van der Waals surface area (Å²) in [7, 11) is 2.18. The van der Waals surface area contributed by atoms with Crippen LogP contribution in [0.1, 0.15) is 40.0 Å². The standard InChI is InChI=1S/C11H26N2/c1-10(2)6-5-8-13(4)9-7-11(3)12/h10-11H,5-9,12H2,1-4H3. The Kier molecular flexibility index (Phi) is 7.29. The Morgan fingerprint density at radius 3 is 2.15 bits per heavy atom. The van der Waals surface area contributed by atoms with Gasteiger partial charge in [-0.25, -0.2) is 0 Å². The van der Waals surface area contributed by atoms with Crippen molar-refractivity contribution in [2.75, 3.05) is 20.1 Å². The molecule has 2 N–H and O–H groups in total. The number of nitrogens with two attached hydrogens (primary N) is 1. The molecule has 0 bridgehead atoms. The first-order valence-electron chi connectivity index (χ1n) is 5.46. The highest BCUT2D eigenvalue weighted by atomic mass is 15.1. The fraction of sp³-hybridized carbons (Fsp3) is 1.00. The van der Waals surface area contributed by atoms with E-state index < -0.39 is 0 Å². The van der Waals surface area contributed by atoms with Gasteiger partial charge in [-0.2, -0.15) is 0 Å². The zero-order chi connectivity index (χ0) is 10.3. The van der Waals surface area contributed by atoms with Crippen molar-refractivity contribution in [1.82, 2.24) is 4.90 Å². The van der Waals surface area contributed by atoms with Gasteiger partial charge < -0.3 is 10.6 Å². The first-order chi connectivity index (χ1) is 6.02. The van der Waals surface area contributed by atoms with Gasteiger partial charge in [0.15, 0.2) is 0 Å². The molecule has 0 aromatic heterocycles. The lowest BCUT2D eigenvalue weighted by atomic mass is 10.1. The third-order valence-corrected chi connectivity index (χ3v) is 2.29. The minimum atomic E-state index is 0.340. The topological polar surface area (TPSA) is 29.3 Å². The van der Waals surface area contributed by atoms with Gasteiger partial charge in [-0.1, -0.05) is 13.8 Å². The molecule has 0 aliphatic carbocycles. The average molecular weight is 186 g/mol. The van der Waals surface area contributed by atoms with Gasteiger partial charge in [-0.05, 0) is 52.2 Å². The molecule has 1 atom stereocenters. The van der Waals surface area contributed by atoms with Crippen LogP contribution < -0.4 is 5.73 Å². The average Bonchev–Trinajstić information content (AvgIpc) is 2.00. The first-order valence-corrected chi connectivity index (χ1v) is 5.46. The zero-order valence-electron chi connectivity index (χ0n) is 9.71. The van der Waals surface area contributed by atoms with Crippen LogP contribution in [0.5, 0.6) is 0 Å². The highest BCUT2D eigenvalue weighted by molar-refractivity contribution is 4.58. The Hall–Kier alpha value is -0.0800. The lowest BCUT2D eigenvalue weighted by molar-refractivity contribution is 0.306. The molecule has 0 aliphatic heterocycles. The van der Waals surface area contributed by atoms with Crippen LogP contribution in [0.3, 0.4) is 0 Å². The van der Waals surface area contributed by atoms with Gasteiger partial charge in [0, 0.05) is 6.04 Å². The Morgan fingerprint density at radius 2 is 1.69 bits per heavy atom. The third-order valence-electron chi connectivity index (χ3n) is 2.29. The van der Waals surface area contributed by atoms with Gasteiger partial charge in [-0.3, -0.25) is 0 Å². The van der Waals surface area contributed by atoms with Crippen molar-refractivity contribution in [1.29, 1.82) is 0 Å². The van der Waals surface area contributed by atoms with Crippen LogP contribution in [0, 0.1) is 5.92 Å². The molecule has 0 spiro atoms. The lowest BCUT2D eigenvalue weighted by Crippen LogP contribution is -2.26.